The molecular formula is C10H18N2O2S2. The number of anilines is 1. The predicted octanol–water partition coefficient (Wildman–Crippen LogP) is 2.04. The summed E-state index contributed by atoms with van der Waals surface area (Å²) in [5.41, 5.74) is 6.01. The monoisotopic (exact) mass is 262 g/mol. The number of hydrogen-bond donors (Lipinski definition) is 2. The average Bonchev–Trinajstić information content (AvgIpc) is 2.61. The van der Waals surface area contributed by atoms with Gasteiger partial charge in [0.15, 0.2) is 0 Å². The van der Waals surface area contributed by atoms with Gasteiger partial charge in [-0.25, -0.2) is 13.1 Å². The summed E-state index contributed by atoms with van der Waals surface area (Å²) in [6, 6.07) is 1.45. The van der Waals surface area contributed by atoms with Crippen LogP contribution in [0.25, 0.3) is 0 Å². The zero-order valence-corrected chi connectivity index (χ0v) is 11.4. The third kappa shape index (κ3) is 3.20. The molecule has 0 amide bonds. The van der Waals surface area contributed by atoms with Crippen LogP contribution < -0.4 is 10.5 Å². The van der Waals surface area contributed by atoms with E-state index < -0.39 is 10.0 Å². The van der Waals surface area contributed by atoms with E-state index >= 15 is 0 Å². The summed E-state index contributed by atoms with van der Waals surface area (Å²) in [4.78, 5) is 0. The maximum absolute atomic E-state index is 12.0. The van der Waals surface area contributed by atoms with Gasteiger partial charge in [0.1, 0.15) is 4.21 Å². The second-order valence-corrected chi connectivity index (χ2v) is 6.93. The van der Waals surface area contributed by atoms with Gasteiger partial charge in [0.05, 0.1) is 0 Å². The highest BCUT2D eigenvalue weighted by atomic mass is 32.2. The van der Waals surface area contributed by atoms with Crippen molar-refractivity contribution in [2.75, 3.05) is 5.73 Å². The van der Waals surface area contributed by atoms with Gasteiger partial charge < -0.3 is 5.73 Å². The Balaban J connectivity index is 2.87. The van der Waals surface area contributed by atoms with Crippen molar-refractivity contribution in [3.8, 4) is 0 Å². The Morgan fingerprint density at radius 1 is 1.50 bits per heavy atom. The SMILES string of the molecule is CCC(NS(=O)(=O)c1cc(N)cs1)C(C)C. The highest BCUT2D eigenvalue weighted by molar-refractivity contribution is 7.91. The maximum atomic E-state index is 12.0. The van der Waals surface area contributed by atoms with Crippen molar-refractivity contribution < 1.29 is 8.42 Å². The molecule has 3 N–H and O–H groups in total. The zero-order valence-electron chi connectivity index (χ0n) is 9.73. The Hall–Kier alpha value is -0.590. The number of rotatable bonds is 5. The molecule has 6 heteroatoms. The lowest BCUT2D eigenvalue weighted by Gasteiger charge is -2.19. The molecule has 0 aromatic carbocycles. The Labute approximate surface area is 101 Å². The van der Waals surface area contributed by atoms with E-state index in [0.717, 1.165) is 17.8 Å². The van der Waals surface area contributed by atoms with E-state index in [4.69, 9.17) is 5.73 Å². The molecule has 0 bridgehead atoms. The summed E-state index contributed by atoms with van der Waals surface area (Å²) in [7, 11) is -3.41. The van der Waals surface area contributed by atoms with Gasteiger partial charge in [-0.05, 0) is 18.4 Å². The maximum Gasteiger partial charge on any atom is 0.250 e. The number of sulfonamides is 1. The van der Waals surface area contributed by atoms with Crippen molar-refractivity contribution in [2.24, 2.45) is 5.92 Å². The molecule has 1 heterocycles. The second kappa shape index (κ2) is 5.16. The van der Waals surface area contributed by atoms with Crippen LogP contribution in [0.1, 0.15) is 27.2 Å². The minimum absolute atomic E-state index is 0.0340. The van der Waals surface area contributed by atoms with Crippen LogP contribution in [0.5, 0.6) is 0 Å². The summed E-state index contributed by atoms with van der Waals surface area (Å²) >= 11 is 1.15. The molecular weight excluding hydrogens is 244 g/mol. The standard InChI is InChI=1S/C10H18N2O2S2/c1-4-9(7(2)3)12-16(13,14)10-5-8(11)6-15-10/h5-7,9,12H,4,11H2,1-3H3. The van der Waals surface area contributed by atoms with Gasteiger partial charge in [0.25, 0.3) is 0 Å². The van der Waals surface area contributed by atoms with Gasteiger partial charge in [-0.15, -0.1) is 11.3 Å². The van der Waals surface area contributed by atoms with Gasteiger partial charge in [0.2, 0.25) is 10.0 Å². The second-order valence-electron chi connectivity index (χ2n) is 4.08. The van der Waals surface area contributed by atoms with E-state index in [1.54, 1.807) is 5.38 Å². The summed E-state index contributed by atoms with van der Waals surface area (Å²) in [5.74, 6) is 0.275. The van der Waals surface area contributed by atoms with Crippen LogP contribution in [0.4, 0.5) is 5.69 Å². The Kier molecular flexibility index (Phi) is 4.35. The van der Waals surface area contributed by atoms with Crippen molar-refractivity contribution in [3.63, 3.8) is 0 Å². The smallest absolute Gasteiger partial charge is 0.250 e. The number of hydrogen-bond acceptors (Lipinski definition) is 4. The van der Waals surface area contributed by atoms with E-state index in [9.17, 15) is 8.42 Å². The fourth-order valence-electron chi connectivity index (χ4n) is 1.42. The lowest BCUT2D eigenvalue weighted by atomic mass is 10.0. The molecule has 0 saturated heterocycles. The van der Waals surface area contributed by atoms with Gasteiger partial charge in [-0.1, -0.05) is 20.8 Å². The molecule has 0 radical (unpaired) electrons. The molecule has 0 fully saturated rings. The van der Waals surface area contributed by atoms with Gasteiger partial charge >= 0.3 is 0 Å². The van der Waals surface area contributed by atoms with Crippen molar-refractivity contribution in [2.45, 2.75) is 37.4 Å². The molecule has 1 atom stereocenters. The minimum Gasteiger partial charge on any atom is -0.398 e. The predicted molar refractivity (Wildman–Crippen MR) is 68.0 cm³/mol. The van der Waals surface area contributed by atoms with Crippen molar-refractivity contribution in [3.05, 3.63) is 11.4 Å². The summed E-state index contributed by atoms with van der Waals surface area (Å²) in [6.45, 7) is 5.97. The third-order valence-corrected chi connectivity index (χ3v) is 5.36. The lowest BCUT2D eigenvalue weighted by molar-refractivity contribution is 0.438. The molecule has 1 rings (SSSR count). The van der Waals surface area contributed by atoms with Crippen LogP contribution in [0.2, 0.25) is 0 Å². The molecule has 0 saturated carbocycles. The Morgan fingerprint density at radius 2 is 2.12 bits per heavy atom. The van der Waals surface area contributed by atoms with Crippen LogP contribution in [0.3, 0.4) is 0 Å². The number of nitrogens with two attached hydrogens (primary N) is 1. The fourth-order valence-corrected chi connectivity index (χ4v) is 3.98. The first-order valence-electron chi connectivity index (χ1n) is 5.23. The van der Waals surface area contributed by atoms with Crippen molar-refractivity contribution >= 4 is 27.0 Å². The van der Waals surface area contributed by atoms with Crippen LogP contribution in [0.15, 0.2) is 15.7 Å². The lowest BCUT2D eigenvalue weighted by Crippen LogP contribution is -2.37. The van der Waals surface area contributed by atoms with E-state index in [0.29, 0.717) is 5.69 Å². The average molecular weight is 262 g/mol. The quantitative estimate of drug-likeness (QED) is 0.853. The van der Waals surface area contributed by atoms with E-state index in [1.807, 2.05) is 20.8 Å². The van der Waals surface area contributed by atoms with Gasteiger partial charge in [-0.3, -0.25) is 0 Å². The number of nitrogens with one attached hydrogen (secondary N) is 1. The molecule has 4 nitrogen and oxygen atoms in total. The highest BCUT2D eigenvalue weighted by Gasteiger charge is 2.22. The first-order chi connectivity index (χ1) is 7.36. The molecule has 1 unspecified atom stereocenters. The summed E-state index contributed by atoms with van der Waals surface area (Å²) in [6.07, 6.45) is 0.776. The van der Waals surface area contributed by atoms with Crippen LogP contribution in [-0.4, -0.2) is 14.5 Å². The molecule has 1 aromatic heterocycles. The molecule has 0 aliphatic rings. The molecule has 0 aliphatic heterocycles. The molecule has 0 aliphatic carbocycles. The third-order valence-electron chi connectivity index (χ3n) is 2.41. The van der Waals surface area contributed by atoms with E-state index in [1.165, 1.54) is 6.07 Å². The van der Waals surface area contributed by atoms with Gasteiger partial charge in [-0.2, -0.15) is 0 Å². The van der Waals surface area contributed by atoms with Crippen LogP contribution in [-0.2, 0) is 10.0 Å². The minimum atomic E-state index is -3.41. The van der Waals surface area contributed by atoms with Crippen molar-refractivity contribution in [1.82, 2.24) is 4.72 Å². The van der Waals surface area contributed by atoms with Crippen LogP contribution >= 0.6 is 11.3 Å². The highest BCUT2D eigenvalue weighted by Crippen LogP contribution is 2.22. The summed E-state index contributed by atoms with van der Waals surface area (Å²) < 4.78 is 26.9. The number of nitrogen functional groups attached to an aromatic ring is 1. The first kappa shape index (κ1) is 13.5. The summed E-state index contributed by atoms with van der Waals surface area (Å²) in [5, 5.41) is 1.63. The van der Waals surface area contributed by atoms with E-state index in [-0.39, 0.29) is 16.2 Å². The number of thiophene rings is 1. The van der Waals surface area contributed by atoms with Crippen LogP contribution in [0, 0.1) is 5.92 Å². The Morgan fingerprint density at radius 3 is 2.50 bits per heavy atom. The molecule has 0 spiro atoms. The fraction of sp³-hybridized carbons (Fsp3) is 0.600. The first-order valence-corrected chi connectivity index (χ1v) is 7.59. The molecule has 16 heavy (non-hydrogen) atoms. The molecule has 92 valence electrons. The van der Waals surface area contributed by atoms with Crippen molar-refractivity contribution in [1.29, 1.82) is 0 Å². The van der Waals surface area contributed by atoms with Gasteiger partial charge in [0, 0.05) is 17.1 Å². The Bertz CT molecular complexity index is 437. The normalized spacial score (nSPS) is 14.2. The van der Waals surface area contributed by atoms with E-state index in [2.05, 4.69) is 4.72 Å². The molecule has 1 aromatic rings. The topological polar surface area (TPSA) is 72.2 Å². The largest absolute Gasteiger partial charge is 0.398 e. The zero-order chi connectivity index (χ0) is 12.3.